The summed E-state index contributed by atoms with van der Waals surface area (Å²) < 4.78 is 0. The minimum Gasteiger partial charge on any atom is -0.352 e. The van der Waals surface area contributed by atoms with Crippen LogP contribution >= 0.6 is 0 Å². The van der Waals surface area contributed by atoms with Crippen LogP contribution in [0.5, 0.6) is 0 Å². The number of likely N-dealkylation sites (tertiary alicyclic amines) is 1. The summed E-state index contributed by atoms with van der Waals surface area (Å²) in [4.78, 5) is 37.3. The van der Waals surface area contributed by atoms with Crippen LogP contribution in [0.15, 0.2) is 30.3 Å². The van der Waals surface area contributed by atoms with E-state index in [1.54, 1.807) is 24.0 Å². The van der Waals surface area contributed by atoms with Crippen molar-refractivity contribution in [1.82, 2.24) is 10.2 Å². The van der Waals surface area contributed by atoms with E-state index >= 15 is 0 Å². The highest BCUT2D eigenvalue weighted by atomic mass is 16.2. The Morgan fingerprint density at radius 3 is 2.50 bits per heavy atom. The smallest absolute Gasteiger partial charge is 0.251 e. The predicted octanol–water partition coefficient (Wildman–Crippen LogP) is 1.63. The van der Waals surface area contributed by atoms with Crippen molar-refractivity contribution in [2.75, 3.05) is 13.1 Å². The lowest BCUT2D eigenvalue weighted by Gasteiger charge is -2.21. The third kappa shape index (κ3) is 3.72. The second kappa shape index (κ2) is 7.20. The molecule has 0 aromatic heterocycles. The normalized spacial score (nSPS) is 20.7. The van der Waals surface area contributed by atoms with Gasteiger partial charge >= 0.3 is 0 Å². The molecule has 1 aliphatic rings. The number of nitrogens with zero attached hydrogens (tertiary/aromatic N) is 1. The molecule has 1 aliphatic heterocycles. The van der Waals surface area contributed by atoms with Crippen LogP contribution in [-0.2, 0) is 9.59 Å². The number of ketones is 1. The summed E-state index contributed by atoms with van der Waals surface area (Å²) in [6.45, 7) is 4.33. The number of rotatable bonds is 5. The molecular formula is C17H22N2O3. The number of benzene rings is 1. The van der Waals surface area contributed by atoms with Crippen LogP contribution in [0.25, 0.3) is 0 Å². The Morgan fingerprint density at radius 2 is 1.91 bits per heavy atom. The Labute approximate surface area is 130 Å². The van der Waals surface area contributed by atoms with Gasteiger partial charge in [0.25, 0.3) is 5.91 Å². The van der Waals surface area contributed by atoms with Crippen molar-refractivity contribution in [3.8, 4) is 0 Å². The van der Waals surface area contributed by atoms with E-state index in [1.807, 2.05) is 18.2 Å². The van der Waals surface area contributed by atoms with Gasteiger partial charge in [0.15, 0.2) is 5.78 Å². The number of Topliss-reactive ketones (excluding diaryl/α,β-unsaturated/α-hetero) is 1. The standard InChI is InChI=1S/C17H22N2O3/c1-3-16(21)19-11-13(9-15(19)12(2)20)10-18-17(22)14-7-5-4-6-8-14/h4-8,13,15H,3,9-11H2,1-2H3,(H,18,22)/t13-,15-/m0/s1. The molecule has 2 amide bonds. The van der Waals surface area contributed by atoms with Gasteiger partial charge in [0.05, 0.1) is 6.04 Å². The SMILES string of the molecule is CCC(=O)N1C[C@H](CNC(=O)c2ccccc2)C[C@H]1C(C)=O. The molecule has 5 nitrogen and oxygen atoms in total. The molecule has 1 N–H and O–H groups in total. The average Bonchev–Trinajstić information content (AvgIpc) is 2.97. The molecule has 2 rings (SSSR count). The summed E-state index contributed by atoms with van der Waals surface area (Å²) in [6, 6.07) is 8.67. The second-order valence-electron chi connectivity index (χ2n) is 5.70. The van der Waals surface area contributed by atoms with Gasteiger partial charge in [-0.05, 0) is 31.4 Å². The summed E-state index contributed by atoms with van der Waals surface area (Å²) >= 11 is 0. The molecule has 22 heavy (non-hydrogen) atoms. The Morgan fingerprint density at radius 1 is 1.23 bits per heavy atom. The summed E-state index contributed by atoms with van der Waals surface area (Å²) in [7, 11) is 0. The maximum absolute atomic E-state index is 12.0. The van der Waals surface area contributed by atoms with Gasteiger partial charge in [0.1, 0.15) is 0 Å². The van der Waals surface area contributed by atoms with Gasteiger partial charge in [-0.3, -0.25) is 14.4 Å². The molecule has 0 spiro atoms. The van der Waals surface area contributed by atoms with Crippen molar-refractivity contribution >= 4 is 17.6 Å². The largest absolute Gasteiger partial charge is 0.352 e. The fourth-order valence-electron chi connectivity index (χ4n) is 2.86. The van der Waals surface area contributed by atoms with Crippen molar-refractivity contribution in [1.29, 1.82) is 0 Å². The number of amides is 2. The zero-order valence-electron chi connectivity index (χ0n) is 13.0. The van der Waals surface area contributed by atoms with Gasteiger partial charge in [-0.25, -0.2) is 0 Å². The molecule has 5 heteroatoms. The molecule has 0 bridgehead atoms. The lowest BCUT2D eigenvalue weighted by molar-refractivity contribution is -0.136. The van der Waals surface area contributed by atoms with Crippen LogP contribution in [0, 0.1) is 5.92 Å². The van der Waals surface area contributed by atoms with E-state index in [4.69, 9.17) is 0 Å². The highest BCUT2D eigenvalue weighted by Crippen LogP contribution is 2.24. The molecule has 2 atom stereocenters. The fraction of sp³-hybridized carbons (Fsp3) is 0.471. The fourth-order valence-corrected chi connectivity index (χ4v) is 2.86. The molecule has 0 unspecified atom stereocenters. The zero-order chi connectivity index (χ0) is 16.1. The summed E-state index contributed by atoms with van der Waals surface area (Å²) in [5.41, 5.74) is 0.616. The lowest BCUT2D eigenvalue weighted by Crippen LogP contribution is -2.39. The Bertz CT molecular complexity index is 556. The maximum Gasteiger partial charge on any atom is 0.251 e. The van der Waals surface area contributed by atoms with Crippen LogP contribution in [-0.4, -0.2) is 41.6 Å². The van der Waals surface area contributed by atoms with Crippen molar-refractivity contribution in [3.63, 3.8) is 0 Å². The van der Waals surface area contributed by atoms with Crippen LogP contribution in [0.3, 0.4) is 0 Å². The van der Waals surface area contributed by atoms with Gasteiger partial charge in [0.2, 0.25) is 5.91 Å². The molecule has 1 aromatic rings. The van der Waals surface area contributed by atoms with E-state index in [-0.39, 0.29) is 29.6 Å². The molecule has 1 saturated heterocycles. The minimum atomic E-state index is -0.342. The monoisotopic (exact) mass is 302 g/mol. The summed E-state index contributed by atoms with van der Waals surface area (Å²) in [5.74, 6) is 0.00748. The second-order valence-corrected chi connectivity index (χ2v) is 5.70. The molecule has 1 heterocycles. The van der Waals surface area contributed by atoms with E-state index in [2.05, 4.69) is 5.32 Å². The van der Waals surface area contributed by atoms with Crippen molar-refractivity contribution in [3.05, 3.63) is 35.9 Å². The molecule has 0 saturated carbocycles. The van der Waals surface area contributed by atoms with Gasteiger partial charge in [-0.2, -0.15) is 0 Å². The number of nitrogens with one attached hydrogen (secondary N) is 1. The molecular weight excluding hydrogens is 280 g/mol. The first-order valence-corrected chi connectivity index (χ1v) is 7.66. The van der Waals surface area contributed by atoms with Crippen molar-refractivity contribution in [2.45, 2.75) is 32.7 Å². The first-order valence-electron chi connectivity index (χ1n) is 7.66. The first-order chi connectivity index (χ1) is 10.5. The number of carbonyl (C=O) groups is 3. The Balaban J connectivity index is 1.93. The Kier molecular flexibility index (Phi) is 5.31. The topological polar surface area (TPSA) is 66.5 Å². The number of carbonyl (C=O) groups excluding carboxylic acids is 3. The zero-order valence-corrected chi connectivity index (χ0v) is 13.0. The summed E-state index contributed by atoms with van der Waals surface area (Å²) in [6.07, 6.45) is 1.02. The minimum absolute atomic E-state index is 0.00270. The van der Waals surface area contributed by atoms with Gasteiger partial charge in [-0.15, -0.1) is 0 Å². The highest BCUT2D eigenvalue weighted by Gasteiger charge is 2.37. The van der Waals surface area contributed by atoms with Gasteiger partial charge in [0, 0.05) is 25.1 Å². The maximum atomic E-state index is 12.0. The van der Waals surface area contributed by atoms with Crippen molar-refractivity contribution in [2.24, 2.45) is 5.92 Å². The molecule has 0 aliphatic carbocycles. The highest BCUT2D eigenvalue weighted by molar-refractivity contribution is 5.94. The van der Waals surface area contributed by atoms with Gasteiger partial charge in [-0.1, -0.05) is 25.1 Å². The van der Waals surface area contributed by atoms with E-state index in [1.165, 1.54) is 6.92 Å². The van der Waals surface area contributed by atoms with E-state index in [0.29, 0.717) is 31.5 Å². The van der Waals surface area contributed by atoms with Gasteiger partial charge < -0.3 is 10.2 Å². The molecule has 118 valence electrons. The third-order valence-corrected chi connectivity index (χ3v) is 4.07. The molecule has 1 aromatic carbocycles. The first kappa shape index (κ1) is 16.2. The average molecular weight is 302 g/mol. The lowest BCUT2D eigenvalue weighted by atomic mass is 10.0. The number of hydrogen-bond donors (Lipinski definition) is 1. The summed E-state index contributed by atoms with van der Waals surface area (Å²) in [5, 5.41) is 2.89. The third-order valence-electron chi connectivity index (χ3n) is 4.07. The predicted molar refractivity (Wildman–Crippen MR) is 83.4 cm³/mol. The quantitative estimate of drug-likeness (QED) is 0.899. The van der Waals surface area contributed by atoms with E-state index in [9.17, 15) is 14.4 Å². The molecule has 1 fully saturated rings. The van der Waals surface area contributed by atoms with Crippen molar-refractivity contribution < 1.29 is 14.4 Å². The van der Waals surface area contributed by atoms with Crippen LogP contribution in [0.4, 0.5) is 0 Å². The van der Waals surface area contributed by atoms with Crippen LogP contribution < -0.4 is 5.32 Å². The van der Waals surface area contributed by atoms with E-state index < -0.39 is 0 Å². The number of hydrogen-bond acceptors (Lipinski definition) is 3. The Hall–Kier alpha value is -2.17. The molecule has 0 radical (unpaired) electrons. The van der Waals surface area contributed by atoms with Crippen LogP contribution in [0.1, 0.15) is 37.0 Å². The van der Waals surface area contributed by atoms with E-state index in [0.717, 1.165) is 0 Å². The van der Waals surface area contributed by atoms with Crippen LogP contribution in [0.2, 0.25) is 0 Å².